The van der Waals surface area contributed by atoms with Crippen molar-refractivity contribution in [2.24, 2.45) is 0 Å². The van der Waals surface area contributed by atoms with Gasteiger partial charge in [-0.25, -0.2) is 14.1 Å². The monoisotopic (exact) mass is 360 g/mol. The number of benzene rings is 2. The Balaban J connectivity index is 1.53. The number of nitrogens with one attached hydrogen (secondary N) is 2. The molecule has 0 saturated carbocycles. The molecule has 0 atom stereocenters. The van der Waals surface area contributed by atoms with Crippen molar-refractivity contribution >= 4 is 27.8 Å². The number of para-hydroxylation sites is 1. The van der Waals surface area contributed by atoms with Gasteiger partial charge in [0, 0.05) is 29.3 Å². The first kappa shape index (κ1) is 15.6. The van der Waals surface area contributed by atoms with Crippen LogP contribution in [0.4, 0.5) is 10.2 Å². The normalized spacial score (nSPS) is 11.6. The smallest absolute Gasteiger partial charge is 0.151 e. The molecule has 5 rings (SSSR count). The minimum absolute atomic E-state index is 0.379. The topological polar surface area (TPSA) is 88.3 Å². The Bertz CT molecular complexity index is 1260. The second kappa shape index (κ2) is 5.70. The molecule has 0 saturated heterocycles. The van der Waals surface area contributed by atoms with Crippen LogP contribution in [0.2, 0.25) is 0 Å². The highest BCUT2D eigenvalue weighted by Gasteiger charge is 2.14. The van der Waals surface area contributed by atoms with Crippen molar-refractivity contribution in [3.05, 3.63) is 71.6 Å². The molecule has 3 aromatic heterocycles. The van der Waals surface area contributed by atoms with E-state index in [0.717, 1.165) is 22.2 Å². The SMILES string of the molecule is Cc1nc2cc(-n3ncc(Cc4cc5ccccc5[nH]4)c3N)cc(F)c2[nH]1. The van der Waals surface area contributed by atoms with E-state index in [9.17, 15) is 4.39 Å². The molecule has 7 heteroatoms. The van der Waals surface area contributed by atoms with E-state index in [-0.39, 0.29) is 5.82 Å². The lowest BCUT2D eigenvalue weighted by Crippen LogP contribution is -2.04. The van der Waals surface area contributed by atoms with Gasteiger partial charge >= 0.3 is 0 Å². The van der Waals surface area contributed by atoms with E-state index in [1.54, 1.807) is 23.9 Å². The molecule has 2 aromatic carbocycles. The van der Waals surface area contributed by atoms with E-state index in [0.29, 0.717) is 34.8 Å². The molecule has 0 spiro atoms. The van der Waals surface area contributed by atoms with E-state index in [4.69, 9.17) is 5.73 Å². The molecule has 4 N–H and O–H groups in total. The van der Waals surface area contributed by atoms with Gasteiger partial charge in [-0.3, -0.25) is 0 Å². The Morgan fingerprint density at radius 2 is 2.00 bits per heavy atom. The van der Waals surface area contributed by atoms with Crippen molar-refractivity contribution in [1.29, 1.82) is 0 Å². The molecule has 27 heavy (non-hydrogen) atoms. The van der Waals surface area contributed by atoms with Crippen LogP contribution in [0.3, 0.4) is 0 Å². The van der Waals surface area contributed by atoms with E-state index >= 15 is 0 Å². The highest BCUT2D eigenvalue weighted by atomic mass is 19.1. The van der Waals surface area contributed by atoms with Crippen LogP contribution in [0.15, 0.2) is 48.7 Å². The summed E-state index contributed by atoms with van der Waals surface area (Å²) in [5, 5.41) is 5.52. The maximum atomic E-state index is 14.4. The second-order valence-corrected chi connectivity index (χ2v) is 6.67. The first-order chi connectivity index (χ1) is 13.1. The molecule has 0 unspecified atom stereocenters. The van der Waals surface area contributed by atoms with Crippen LogP contribution in [-0.2, 0) is 6.42 Å². The minimum Gasteiger partial charge on any atom is -0.383 e. The second-order valence-electron chi connectivity index (χ2n) is 6.67. The standard InChI is InChI=1S/C20H17FN6/c1-11-24-18-9-15(8-16(21)19(18)25-11)27-20(22)13(10-23-27)7-14-6-12-4-2-3-5-17(12)26-14/h2-6,8-10,26H,7,22H2,1H3,(H,24,25). The molecule has 0 amide bonds. The van der Waals surface area contributed by atoms with Gasteiger partial charge in [0.15, 0.2) is 5.82 Å². The third kappa shape index (κ3) is 2.55. The van der Waals surface area contributed by atoms with Gasteiger partial charge in [-0.2, -0.15) is 5.10 Å². The van der Waals surface area contributed by atoms with Crippen LogP contribution in [0, 0.1) is 12.7 Å². The molecule has 0 fully saturated rings. The lowest BCUT2D eigenvalue weighted by molar-refractivity contribution is 0.635. The van der Waals surface area contributed by atoms with Crippen LogP contribution in [0.25, 0.3) is 27.6 Å². The van der Waals surface area contributed by atoms with Gasteiger partial charge in [-0.05, 0) is 30.5 Å². The number of halogens is 1. The Kier molecular flexibility index (Phi) is 3.30. The average Bonchev–Trinajstić information content (AvgIpc) is 3.32. The molecule has 0 radical (unpaired) electrons. The highest BCUT2D eigenvalue weighted by Crippen LogP contribution is 2.25. The first-order valence-electron chi connectivity index (χ1n) is 8.64. The summed E-state index contributed by atoms with van der Waals surface area (Å²) < 4.78 is 15.9. The van der Waals surface area contributed by atoms with Gasteiger partial charge in [-0.15, -0.1) is 0 Å². The maximum Gasteiger partial charge on any atom is 0.151 e. The summed E-state index contributed by atoms with van der Waals surface area (Å²) in [4.78, 5) is 10.6. The quantitative estimate of drug-likeness (QED) is 0.457. The van der Waals surface area contributed by atoms with Gasteiger partial charge in [0.2, 0.25) is 0 Å². The van der Waals surface area contributed by atoms with Crippen LogP contribution in [0.1, 0.15) is 17.1 Å². The van der Waals surface area contributed by atoms with Crippen LogP contribution in [-0.4, -0.2) is 24.7 Å². The fourth-order valence-electron chi connectivity index (χ4n) is 3.47. The fraction of sp³-hybridized carbons (Fsp3) is 0.100. The van der Waals surface area contributed by atoms with Crippen molar-refractivity contribution in [2.75, 3.05) is 5.73 Å². The zero-order valence-electron chi connectivity index (χ0n) is 14.6. The maximum absolute atomic E-state index is 14.4. The summed E-state index contributed by atoms with van der Waals surface area (Å²) in [7, 11) is 0. The number of fused-ring (bicyclic) bond motifs is 2. The third-order valence-electron chi connectivity index (χ3n) is 4.75. The number of nitrogens with zero attached hydrogens (tertiary/aromatic N) is 3. The van der Waals surface area contributed by atoms with Gasteiger partial charge in [0.1, 0.15) is 17.2 Å². The predicted molar refractivity (Wildman–Crippen MR) is 103 cm³/mol. The molecule has 6 nitrogen and oxygen atoms in total. The third-order valence-corrected chi connectivity index (χ3v) is 4.75. The number of nitrogens with two attached hydrogens (primary N) is 1. The highest BCUT2D eigenvalue weighted by molar-refractivity contribution is 5.80. The molecule has 0 bridgehead atoms. The summed E-state index contributed by atoms with van der Waals surface area (Å²) in [6.07, 6.45) is 2.34. The first-order valence-corrected chi connectivity index (χ1v) is 8.64. The predicted octanol–water partition coefficient (Wildman–Crippen LogP) is 3.85. The lowest BCUT2D eigenvalue weighted by Gasteiger charge is -2.06. The summed E-state index contributed by atoms with van der Waals surface area (Å²) >= 11 is 0. The zero-order chi connectivity index (χ0) is 18.5. The van der Waals surface area contributed by atoms with Crippen molar-refractivity contribution < 1.29 is 4.39 Å². The number of nitrogen functional groups attached to an aromatic ring is 1. The number of rotatable bonds is 3. The summed E-state index contributed by atoms with van der Waals surface area (Å²) in [6.45, 7) is 1.79. The van der Waals surface area contributed by atoms with Gasteiger partial charge in [0.25, 0.3) is 0 Å². The number of hydrogen-bond acceptors (Lipinski definition) is 3. The largest absolute Gasteiger partial charge is 0.383 e. The number of aryl methyl sites for hydroxylation is 1. The summed E-state index contributed by atoms with van der Waals surface area (Å²) in [5.41, 5.74) is 10.8. The van der Waals surface area contributed by atoms with E-state index in [2.05, 4.69) is 32.2 Å². The molecule has 0 aliphatic carbocycles. The van der Waals surface area contributed by atoms with Crippen LogP contribution in [0.5, 0.6) is 0 Å². The van der Waals surface area contributed by atoms with Crippen molar-refractivity contribution in [3.8, 4) is 5.69 Å². The van der Waals surface area contributed by atoms with E-state index in [1.165, 1.54) is 6.07 Å². The Morgan fingerprint density at radius 3 is 2.85 bits per heavy atom. The molecular formula is C20H17FN6. The number of anilines is 1. The lowest BCUT2D eigenvalue weighted by atomic mass is 10.1. The van der Waals surface area contributed by atoms with Crippen molar-refractivity contribution in [1.82, 2.24) is 24.7 Å². The van der Waals surface area contributed by atoms with Gasteiger partial charge in [0.05, 0.1) is 17.4 Å². The molecule has 134 valence electrons. The summed E-state index contributed by atoms with van der Waals surface area (Å²) in [5.74, 6) is 0.767. The van der Waals surface area contributed by atoms with Crippen LogP contribution >= 0.6 is 0 Å². The summed E-state index contributed by atoms with van der Waals surface area (Å²) in [6, 6.07) is 13.4. The van der Waals surface area contributed by atoms with Crippen LogP contribution < -0.4 is 5.73 Å². The average molecular weight is 360 g/mol. The number of H-pyrrole nitrogens is 2. The Labute approximate surface area is 153 Å². The van der Waals surface area contributed by atoms with Crippen molar-refractivity contribution in [2.45, 2.75) is 13.3 Å². The van der Waals surface area contributed by atoms with Gasteiger partial charge < -0.3 is 15.7 Å². The Morgan fingerprint density at radius 1 is 1.15 bits per heavy atom. The minimum atomic E-state index is -0.379. The molecule has 0 aliphatic heterocycles. The van der Waals surface area contributed by atoms with E-state index in [1.807, 2.05) is 18.2 Å². The van der Waals surface area contributed by atoms with Crippen molar-refractivity contribution in [3.63, 3.8) is 0 Å². The molecule has 5 aromatic rings. The molecular weight excluding hydrogens is 343 g/mol. The molecule has 3 heterocycles. The fourth-order valence-corrected chi connectivity index (χ4v) is 3.47. The number of aromatic amines is 2. The van der Waals surface area contributed by atoms with Gasteiger partial charge in [-0.1, -0.05) is 18.2 Å². The number of aromatic nitrogens is 5. The Hall–Kier alpha value is -3.61. The number of imidazole rings is 1. The number of hydrogen-bond donors (Lipinski definition) is 3. The van der Waals surface area contributed by atoms with E-state index < -0.39 is 0 Å². The molecule has 0 aliphatic rings. The zero-order valence-corrected chi connectivity index (χ0v) is 14.6.